The minimum absolute atomic E-state index is 0.440. The summed E-state index contributed by atoms with van der Waals surface area (Å²) < 4.78 is 0. The highest BCUT2D eigenvalue weighted by atomic mass is 16.1. The van der Waals surface area contributed by atoms with Crippen molar-refractivity contribution in [2.45, 2.75) is 52.4 Å². The van der Waals surface area contributed by atoms with Crippen LogP contribution in [0.3, 0.4) is 0 Å². The van der Waals surface area contributed by atoms with Crippen molar-refractivity contribution in [2.75, 3.05) is 0 Å². The highest BCUT2D eigenvalue weighted by Gasteiger charge is 2.23. The van der Waals surface area contributed by atoms with E-state index in [9.17, 15) is 4.79 Å². The molecule has 0 aliphatic heterocycles. The van der Waals surface area contributed by atoms with E-state index in [4.69, 9.17) is 0 Å². The van der Waals surface area contributed by atoms with Gasteiger partial charge in [-0.15, -0.1) is 13.2 Å². The van der Waals surface area contributed by atoms with Crippen LogP contribution in [0.5, 0.6) is 0 Å². The molecular formula is C17H24O. The number of aryl methyl sites for hydroxylation is 3. The van der Waals surface area contributed by atoms with Crippen LogP contribution in [0.15, 0.2) is 25.3 Å². The minimum Gasteiger partial charge on any atom is -0.300 e. The number of ketones is 1. The van der Waals surface area contributed by atoms with Crippen molar-refractivity contribution in [3.05, 3.63) is 47.5 Å². The SMILES string of the molecule is C=C.Cc1cc(C)c(C2CCCC(=O)C2)c(C)c1. The predicted octanol–water partition coefficient (Wildman–Crippen LogP) is 4.64. The molecule has 0 heterocycles. The Labute approximate surface area is 111 Å². The summed E-state index contributed by atoms with van der Waals surface area (Å²) in [6, 6.07) is 4.48. The van der Waals surface area contributed by atoms with E-state index >= 15 is 0 Å². The topological polar surface area (TPSA) is 17.1 Å². The molecule has 1 saturated carbocycles. The summed E-state index contributed by atoms with van der Waals surface area (Å²) in [5.41, 5.74) is 5.47. The van der Waals surface area contributed by atoms with E-state index in [2.05, 4.69) is 46.1 Å². The van der Waals surface area contributed by atoms with E-state index in [1.54, 1.807) is 0 Å². The molecule has 0 bridgehead atoms. The third-order valence-corrected chi connectivity index (χ3v) is 3.63. The zero-order valence-corrected chi connectivity index (χ0v) is 11.9. The first-order valence-corrected chi connectivity index (χ1v) is 6.67. The van der Waals surface area contributed by atoms with Gasteiger partial charge in [0, 0.05) is 12.8 Å². The van der Waals surface area contributed by atoms with Crippen molar-refractivity contribution in [1.29, 1.82) is 0 Å². The smallest absolute Gasteiger partial charge is 0.133 e. The van der Waals surface area contributed by atoms with Gasteiger partial charge in [0.05, 0.1) is 0 Å². The molecule has 1 aliphatic rings. The molecule has 0 saturated heterocycles. The lowest BCUT2D eigenvalue weighted by Crippen LogP contribution is -2.15. The minimum atomic E-state index is 0.440. The average Bonchev–Trinajstić information content (AvgIpc) is 2.30. The maximum Gasteiger partial charge on any atom is 0.133 e. The number of carbonyl (C=O) groups is 1. The second-order valence-corrected chi connectivity index (χ2v) is 5.14. The first-order valence-electron chi connectivity index (χ1n) is 6.67. The van der Waals surface area contributed by atoms with Gasteiger partial charge in [0.25, 0.3) is 0 Å². The first kappa shape index (κ1) is 14.7. The summed E-state index contributed by atoms with van der Waals surface area (Å²) in [6.45, 7) is 12.5. The van der Waals surface area contributed by atoms with E-state index < -0.39 is 0 Å². The molecule has 1 aromatic rings. The van der Waals surface area contributed by atoms with Gasteiger partial charge in [-0.3, -0.25) is 4.79 Å². The molecule has 1 unspecified atom stereocenters. The number of hydrogen-bond donors (Lipinski definition) is 0. The Morgan fingerprint density at radius 2 is 1.67 bits per heavy atom. The molecule has 1 nitrogen and oxygen atoms in total. The summed E-state index contributed by atoms with van der Waals surface area (Å²) in [5.74, 6) is 0.914. The van der Waals surface area contributed by atoms with E-state index in [0.717, 1.165) is 19.3 Å². The first-order chi connectivity index (χ1) is 8.58. The molecule has 0 aromatic heterocycles. The van der Waals surface area contributed by atoms with Gasteiger partial charge < -0.3 is 0 Å². The molecular weight excluding hydrogens is 220 g/mol. The largest absolute Gasteiger partial charge is 0.300 e. The quantitative estimate of drug-likeness (QED) is 0.658. The molecule has 98 valence electrons. The zero-order valence-electron chi connectivity index (χ0n) is 11.9. The standard InChI is InChI=1S/C15H20O.C2H4/c1-10-7-11(2)15(12(3)8-10)13-5-4-6-14(16)9-13;1-2/h7-8,13H,4-6,9H2,1-3H3;1-2H2. The summed E-state index contributed by atoms with van der Waals surface area (Å²) in [7, 11) is 0. The Balaban J connectivity index is 0.000000771. The van der Waals surface area contributed by atoms with Gasteiger partial charge in [0.1, 0.15) is 5.78 Å². The molecule has 0 amide bonds. The highest BCUT2D eigenvalue weighted by molar-refractivity contribution is 5.80. The fourth-order valence-corrected chi connectivity index (χ4v) is 3.11. The third-order valence-electron chi connectivity index (χ3n) is 3.63. The maximum atomic E-state index is 11.5. The third kappa shape index (κ3) is 3.32. The summed E-state index contributed by atoms with van der Waals surface area (Å²) in [5, 5.41) is 0. The lowest BCUT2D eigenvalue weighted by Gasteiger charge is -2.25. The van der Waals surface area contributed by atoms with Crippen LogP contribution in [0, 0.1) is 20.8 Å². The number of hydrogen-bond acceptors (Lipinski definition) is 1. The van der Waals surface area contributed by atoms with Crippen LogP contribution in [0.1, 0.15) is 53.9 Å². The van der Waals surface area contributed by atoms with Crippen molar-refractivity contribution in [1.82, 2.24) is 0 Å². The number of rotatable bonds is 1. The normalized spacial score (nSPS) is 19.1. The molecule has 2 rings (SSSR count). The molecule has 0 N–H and O–H groups in total. The van der Waals surface area contributed by atoms with Crippen LogP contribution < -0.4 is 0 Å². The molecule has 1 aliphatic carbocycles. The molecule has 0 radical (unpaired) electrons. The van der Waals surface area contributed by atoms with Crippen LogP contribution >= 0.6 is 0 Å². The van der Waals surface area contributed by atoms with Crippen molar-refractivity contribution >= 4 is 5.78 Å². The van der Waals surface area contributed by atoms with E-state index in [1.165, 1.54) is 28.7 Å². The fourth-order valence-electron chi connectivity index (χ4n) is 3.11. The van der Waals surface area contributed by atoms with Gasteiger partial charge >= 0.3 is 0 Å². The van der Waals surface area contributed by atoms with Gasteiger partial charge in [-0.25, -0.2) is 0 Å². The van der Waals surface area contributed by atoms with Gasteiger partial charge in [0.15, 0.2) is 0 Å². The molecule has 1 fully saturated rings. The molecule has 1 heteroatoms. The van der Waals surface area contributed by atoms with Crippen molar-refractivity contribution in [3.63, 3.8) is 0 Å². The van der Waals surface area contributed by atoms with Crippen LogP contribution in [-0.4, -0.2) is 5.78 Å². The van der Waals surface area contributed by atoms with Gasteiger partial charge in [-0.1, -0.05) is 17.7 Å². The maximum absolute atomic E-state index is 11.5. The van der Waals surface area contributed by atoms with Gasteiger partial charge in [-0.2, -0.15) is 0 Å². The lowest BCUT2D eigenvalue weighted by molar-refractivity contribution is -0.120. The second kappa shape index (κ2) is 6.53. The number of Topliss-reactive ketones (excluding diaryl/α,β-unsaturated/α-hetero) is 1. The zero-order chi connectivity index (χ0) is 13.7. The Hall–Kier alpha value is -1.37. The molecule has 1 atom stereocenters. The number of carbonyl (C=O) groups excluding carboxylic acids is 1. The number of benzene rings is 1. The molecule has 1 aromatic carbocycles. The predicted molar refractivity (Wildman–Crippen MR) is 78.1 cm³/mol. The Morgan fingerprint density at radius 3 is 2.17 bits per heavy atom. The second-order valence-electron chi connectivity index (χ2n) is 5.14. The van der Waals surface area contributed by atoms with E-state index in [-0.39, 0.29) is 0 Å². The van der Waals surface area contributed by atoms with Gasteiger partial charge in [0.2, 0.25) is 0 Å². The van der Waals surface area contributed by atoms with Crippen molar-refractivity contribution in [2.24, 2.45) is 0 Å². The van der Waals surface area contributed by atoms with Crippen LogP contribution in [-0.2, 0) is 4.79 Å². The summed E-state index contributed by atoms with van der Waals surface area (Å²) >= 11 is 0. The average molecular weight is 244 g/mol. The summed E-state index contributed by atoms with van der Waals surface area (Å²) in [6.07, 6.45) is 3.79. The summed E-state index contributed by atoms with van der Waals surface area (Å²) in [4.78, 5) is 11.5. The van der Waals surface area contributed by atoms with Crippen molar-refractivity contribution in [3.8, 4) is 0 Å². The fraction of sp³-hybridized carbons (Fsp3) is 0.471. The molecule has 0 spiro atoms. The highest BCUT2D eigenvalue weighted by Crippen LogP contribution is 2.35. The van der Waals surface area contributed by atoms with Crippen molar-refractivity contribution < 1.29 is 4.79 Å². The van der Waals surface area contributed by atoms with E-state index in [1.807, 2.05) is 0 Å². The Bertz CT molecular complexity index is 408. The molecule has 18 heavy (non-hydrogen) atoms. The van der Waals surface area contributed by atoms with Gasteiger partial charge in [-0.05, 0) is 56.2 Å². The lowest BCUT2D eigenvalue weighted by atomic mass is 9.79. The van der Waals surface area contributed by atoms with Crippen LogP contribution in [0.4, 0.5) is 0 Å². The Morgan fingerprint density at radius 1 is 1.11 bits per heavy atom. The van der Waals surface area contributed by atoms with E-state index in [0.29, 0.717) is 11.7 Å². The van der Waals surface area contributed by atoms with Crippen LogP contribution in [0.2, 0.25) is 0 Å². The Kier molecular flexibility index (Phi) is 5.33. The monoisotopic (exact) mass is 244 g/mol. The van der Waals surface area contributed by atoms with Crippen LogP contribution in [0.25, 0.3) is 0 Å².